The number of aromatic nitrogens is 2. The molecule has 0 atom stereocenters. The fourth-order valence-electron chi connectivity index (χ4n) is 2.40. The Labute approximate surface area is 170 Å². The van der Waals surface area contributed by atoms with E-state index < -0.39 is 27.9 Å². The molecular weight excluding hydrogens is 436 g/mol. The average molecular weight is 445 g/mol. The summed E-state index contributed by atoms with van der Waals surface area (Å²) in [5.41, 5.74) is -3.18. The maximum Gasteiger partial charge on any atom is 0.433 e. The van der Waals surface area contributed by atoms with Crippen molar-refractivity contribution in [3.05, 3.63) is 84.2 Å². The molecule has 0 unspecified atom stereocenters. The molecule has 7 nitrogen and oxygen atoms in total. The second kappa shape index (κ2) is 7.72. The van der Waals surface area contributed by atoms with Crippen molar-refractivity contribution in [3.63, 3.8) is 0 Å². The van der Waals surface area contributed by atoms with E-state index in [1.807, 2.05) is 5.10 Å². The molecule has 0 aliphatic heterocycles. The second-order valence-electron chi connectivity index (χ2n) is 5.67. The molecule has 1 heterocycles. The van der Waals surface area contributed by atoms with E-state index in [4.69, 9.17) is 23.2 Å². The van der Waals surface area contributed by atoms with E-state index in [1.54, 1.807) is 0 Å². The monoisotopic (exact) mass is 444 g/mol. The first kappa shape index (κ1) is 20.6. The van der Waals surface area contributed by atoms with Crippen LogP contribution < -0.4 is 5.56 Å². The van der Waals surface area contributed by atoms with Crippen molar-refractivity contribution in [1.29, 1.82) is 0 Å². The lowest BCUT2D eigenvalue weighted by Crippen LogP contribution is -2.17. The van der Waals surface area contributed by atoms with E-state index in [-0.39, 0.29) is 27.1 Å². The van der Waals surface area contributed by atoms with Gasteiger partial charge in [-0.05, 0) is 30.3 Å². The number of benzene rings is 2. The number of non-ortho nitro benzene ring substituents is 1. The Hall–Kier alpha value is -3.11. The number of alkyl halides is 3. The Bertz CT molecular complexity index is 1170. The number of nitro groups is 1. The number of H-pyrrole nitrogens is 1. The number of aliphatic imine (C=N–C) groups is 1. The summed E-state index contributed by atoms with van der Waals surface area (Å²) in [5, 5.41) is 13.1. The van der Waals surface area contributed by atoms with Crippen LogP contribution in [0.4, 0.5) is 24.5 Å². The Balaban J connectivity index is 2.08. The minimum absolute atomic E-state index is 0.0136. The van der Waals surface area contributed by atoms with Gasteiger partial charge in [-0.15, -0.1) is 0 Å². The summed E-state index contributed by atoms with van der Waals surface area (Å²) in [6, 6.07) is 8.59. The number of hydrogen-bond donors (Lipinski definition) is 1. The van der Waals surface area contributed by atoms with Crippen LogP contribution in [0.3, 0.4) is 0 Å². The highest BCUT2D eigenvalue weighted by Crippen LogP contribution is 2.30. The minimum Gasteiger partial charge on any atom is -0.286 e. The molecule has 0 bridgehead atoms. The molecule has 150 valence electrons. The molecular formula is C17H9Cl2F3N4O3. The third-order valence-corrected chi connectivity index (χ3v) is 4.51. The molecule has 0 radical (unpaired) electrons. The highest BCUT2D eigenvalue weighted by atomic mass is 35.5. The van der Waals surface area contributed by atoms with Crippen molar-refractivity contribution in [2.75, 3.05) is 0 Å². The van der Waals surface area contributed by atoms with Gasteiger partial charge in [-0.2, -0.15) is 13.2 Å². The van der Waals surface area contributed by atoms with Gasteiger partial charge in [-0.25, -0.2) is 4.68 Å². The minimum atomic E-state index is -4.87. The van der Waals surface area contributed by atoms with Crippen molar-refractivity contribution in [1.82, 2.24) is 9.78 Å². The fraction of sp³-hybridized carbons (Fsp3) is 0.0588. The van der Waals surface area contributed by atoms with E-state index in [9.17, 15) is 28.1 Å². The molecule has 1 aromatic heterocycles. The predicted molar refractivity (Wildman–Crippen MR) is 102 cm³/mol. The van der Waals surface area contributed by atoms with E-state index in [0.29, 0.717) is 4.68 Å². The summed E-state index contributed by atoms with van der Waals surface area (Å²) in [5.74, 6) is 0. The number of nitrogens with zero attached hydrogens (tertiary/aromatic N) is 3. The first-order valence-corrected chi connectivity index (χ1v) is 8.49. The topological polar surface area (TPSA) is 93.3 Å². The number of halogens is 5. The number of nitrogens with one attached hydrogen (secondary N) is 1. The van der Waals surface area contributed by atoms with E-state index in [2.05, 4.69) is 4.99 Å². The van der Waals surface area contributed by atoms with Gasteiger partial charge >= 0.3 is 6.18 Å². The van der Waals surface area contributed by atoms with E-state index in [1.165, 1.54) is 18.2 Å². The van der Waals surface area contributed by atoms with Crippen LogP contribution in [0.15, 0.2) is 52.3 Å². The maximum absolute atomic E-state index is 13.4. The molecule has 29 heavy (non-hydrogen) atoms. The summed E-state index contributed by atoms with van der Waals surface area (Å²) in [4.78, 5) is 26.5. The molecule has 2 aromatic carbocycles. The number of hydrogen-bond acceptors (Lipinski definition) is 4. The molecule has 1 N–H and O–H groups in total. The van der Waals surface area contributed by atoms with Crippen LogP contribution in [0, 0.1) is 10.1 Å². The lowest BCUT2D eigenvalue weighted by Gasteiger charge is -2.05. The van der Waals surface area contributed by atoms with E-state index in [0.717, 1.165) is 30.5 Å². The van der Waals surface area contributed by atoms with Gasteiger partial charge < -0.3 is 0 Å². The Kier molecular flexibility index (Phi) is 5.49. The molecule has 0 aliphatic carbocycles. The van der Waals surface area contributed by atoms with Crippen LogP contribution in [-0.4, -0.2) is 20.9 Å². The third-order valence-electron chi connectivity index (χ3n) is 3.77. The van der Waals surface area contributed by atoms with Crippen molar-refractivity contribution in [2.45, 2.75) is 6.18 Å². The molecule has 0 saturated carbocycles. The van der Waals surface area contributed by atoms with Gasteiger partial charge in [0.25, 0.3) is 11.2 Å². The Morgan fingerprint density at radius 2 is 1.76 bits per heavy atom. The molecule has 0 fully saturated rings. The largest absolute Gasteiger partial charge is 0.433 e. The number of nitro benzene ring substituents is 1. The average Bonchev–Trinajstić information content (AvgIpc) is 2.99. The van der Waals surface area contributed by atoms with Gasteiger partial charge in [-0.1, -0.05) is 23.2 Å². The summed E-state index contributed by atoms with van der Waals surface area (Å²) in [7, 11) is 0. The Morgan fingerprint density at radius 3 is 2.31 bits per heavy atom. The molecule has 3 aromatic rings. The maximum atomic E-state index is 13.4. The first-order chi connectivity index (χ1) is 13.6. The number of aromatic amines is 1. The summed E-state index contributed by atoms with van der Waals surface area (Å²) < 4.78 is 40.8. The molecule has 0 aliphatic rings. The highest BCUT2D eigenvalue weighted by molar-refractivity contribution is 6.42. The van der Waals surface area contributed by atoms with Crippen molar-refractivity contribution in [3.8, 4) is 5.69 Å². The smallest absolute Gasteiger partial charge is 0.286 e. The lowest BCUT2D eigenvalue weighted by molar-refractivity contribution is -0.384. The van der Waals surface area contributed by atoms with E-state index >= 15 is 0 Å². The van der Waals surface area contributed by atoms with Gasteiger partial charge in [0, 0.05) is 18.3 Å². The quantitative estimate of drug-likeness (QED) is 0.342. The zero-order valence-corrected chi connectivity index (χ0v) is 15.6. The van der Waals surface area contributed by atoms with Crippen LogP contribution in [0.1, 0.15) is 11.3 Å². The molecule has 12 heteroatoms. The van der Waals surface area contributed by atoms with Crippen LogP contribution in [0.5, 0.6) is 0 Å². The van der Waals surface area contributed by atoms with Gasteiger partial charge in [0.1, 0.15) is 0 Å². The van der Waals surface area contributed by atoms with Crippen LogP contribution >= 0.6 is 23.2 Å². The normalized spacial score (nSPS) is 11.9. The van der Waals surface area contributed by atoms with Crippen LogP contribution in [-0.2, 0) is 6.18 Å². The van der Waals surface area contributed by atoms with Gasteiger partial charge in [0.05, 0.1) is 31.9 Å². The highest BCUT2D eigenvalue weighted by Gasteiger charge is 2.37. The molecule has 0 saturated heterocycles. The second-order valence-corrected chi connectivity index (χ2v) is 6.48. The zero-order valence-electron chi connectivity index (χ0n) is 14.1. The van der Waals surface area contributed by atoms with Crippen molar-refractivity contribution in [2.24, 2.45) is 4.99 Å². The fourth-order valence-corrected chi connectivity index (χ4v) is 2.69. The summed E-state index contributed by atoms with van der Waals surface area (Å²) >= 11 is 11.6. The van der Waals surface area contributed by atoms with Crippen molar-refractivity contribution < 1.29 is 18.1 Å². The van der Waals surface area contributed by atoms with Crippen LogP contribution in [0.2, 0.25) is 10.0 Å². The van der Waals surface area contributed by atoms with Crippen molar-refractivity contribution >= 4 is 40.8 Å². The predicted octanol–water partition coefficient (Wildman–Crippen LogP) is 5.15. The summed E-state index contributed by atoms with van der Waals surface area (Å²) in [6.45, 7) is 0. The SMILES string of the molecule is O=c1c(C=Nc2ccc(Cl)c(Cl)c2)c(C(F)(F)F)[nH]n1-c1ccc([N+](=O)[O-])cc1. The standard InChI is InChI=1S/C17H9Cl2F3N4O3/c18-13-6-1-9(7-14(13)19)23-8-12-15(17(20,21)22)24-25(16(12)27)10-2-4-11(5-3-10)26(28)29/h1-8,24H. The molecule has 0 spiro atoms. The summed E-state index contributed by atoms with van der Waals surface area (Å²) in [6.07, 6.45) is -4.10. The Morgan fingerprint density at radius 1 is 1.10 bits per heavy atom. The lowest BCUT2D eigenvalue weighted by atomic mass is 10.2. The molecule has 0 amide bonds. The van der Waals surface area contributed by atoms with Gasteiger partial charge in [0.2, 0.25) is 0 Å². The molecule has 3 rings (SSSR count). The van der Waals surface area contributed by atoms with Gasteiger partial charge in [-0.3, -0.25) is 25.0 Å². The van der Waals surface area contributed by atoms with Gasteiger partial charge in [0.15, 0.2) is 5.69 Å². The third kappa shape index (κ3) is 4.33. The first-order valence-electron chi connectivity index (χ1n) is 7.74. The zero-order chi connectivity index (χ0) is 21.3. The number of rotatable bonds is 4. The van der Waals surface area contributed by atoms with Crippen LogP contribution in [0.25, 0.3) is 5.69 Å².